The summed E-state index contributed by atoms with van der Waals surface area (Å²) < 4.78 is 16.8. The van der Waals surface area contributed by atoms with Gasteiger partial charge in [-0.25, -0.2) is 4.79 Å². The van der Waals surface area contributed by atoms with Crippen molar-refractivity contribution in [3.05, 3.63) is 0 Å². The van der Waals surface area contributed by atoms with Crippen molar-refractivity contribution < 1.29 is 13.7 Å². The molecule has 2 fully saturated rings. The second-order valence-electron chi connectivity index (χ2n) is 7.33. The van der Waals surface area contributed by atoms with E-state index in [2.05, 4.69) is 5.32 Å². The third kappa shape index (κ3) is 6.24. The molecule has 0 spiro atoms. The first-order valence-corrected chi connectivity index (χ1v) is 9.92. The van der Waals surface area contributed by atoms with Gasteiger partial charge in [-0.1, -0.05) is 0 Å². The number of carbonyl (C=O) groups is 1. The van der Waals surface area contributed by atoms with Crippen molar-refractivity contribution in [2.24, 2.45) is 0 Å². The largest absolute Gasteiger partial charge is 0.444 e. The minimum atomic E-state index is -0.599. The highest BCUT2D eigenvalue weighted by molar-refractivity contribution is 7.85. The quantitative estimate of drug-likeness (QED) is 0.759. The molecule has 1 amide bonds. The Hall–Kier alpha value is -0.620. The average Bonchev–Trinajstić information content (AvgIpc) is 3.23. The van der Waals surface area contributed by atoms with Crippen LogP contribution < -0.4 is 5.32 Å². The zero-order chi connectivity index (χ0) is 16.2. The number of amides is 1. The zero-order valence-corrected chi connectivity index (χ0v) is 14.9. The molecule has 1 aliphatic heterocycles. The number of nitrogens with zero attached hydrogens (tertiary/aromatic N) is 1. The minimum absolute atomic E-state index is 0.178. The van der Waals surface area contributed by atoms with E-state index in [4.69, 9.17) is 4.74 Å². The van der Waals surface area contributed by atoms with Crippen molar-refractivity contribution >= 4 is 16.9 Å². The van der Waals surface area contributed by atoms with Crippen LogP contribution >= 0.6 is 0 Å². The van der Waals surface area contributed by atoms with Crippen LogP contribution in [0.5, 0.6) is 0 Å². The topological polar surface area (TPSA) is 58.6 Å². The van der Waals surface area contributed by atoms with Gasteiger partial charge in [0.2, 0.25) is 0 Å². The molecule has 0 aromatic heterocycles. The second-order valence-corrected chi connectivity index (χ2v) is 9.03. The summed E-state index contributed by atoms with van der Waals surface area (Å²) in [6.07, 6.45) is 4.97. The molecular weight excluding hydrogens is 300 g/mol. The van der Waals surface area contributed by atoms with Gasteiger partial charge in [0.1, 0.15) is 5.60 Å². The van der Waals surface area contributed by atoms with Crippen molar-refractivity contribution in [1.29, 1.82) is 0 Å². The van der Waals surface area contributed by atoms with Gasteiger partial charge in [0.25, 0.3) is 0 Å². The van der Waals surface area contributed by atoms with Crippen LogP contribution in [0.2, 0.25) is 0 Å². The lowest BCUT2D eigenvalue weighted by molar-refractivity contribution is 0.0231. The van der Waals surface area contributed by atoms with E-state index in [1.807, 2.05) is 25.7 Å². The van der Waals surface area contributed by atoms with Crippen molar-refractivity contribution in [3.8, 4) is 0 Å². The first kappa shape index (κ1) is 17.7. The maximum absolute atomic E-state index is 12.2. The minimum Gasteiger partial charge on any atom is -0.444 e. The number of rotatable bonds is 6. The van der Waals surface area contributed by atoms with E-state index in [1.54, 1.807) is 0 Å². The van der Waals surface area contributed by atoms with Crippen LogP contribution in [0.15, 0.2) is 0 Å². The summed E-state index contributed by atoms with van der Waals surface area (Å²) in [6, 6.07) is 0.876. The van der Waals surface area contributed by atoms with Gasteiger partial charge >= 0.3 is 6.09 Å². The van der Waals surface area contributed by atoms with Crippen LogP contribution in [0.4, 0.5) is 4.79 Å². The van der Waals surface area contributed by atoms with Gasteiger partial charge in [0, 0.05) is 40.9 Å². The van der Waals surface area contributed by atoms with E-state index >= 15 is 0 Å². The lowest BCUT2D eigenvalue weighted by Gasteiger charge is -2.28. The van der Waals surface area contributed by atoms with Crippen LogP contribution in [0, 0.1) is 0 Å². The van der Waals surface area contributed by atoms with Crippen molar-refractivity contribution in [1.82, 2.24) is 10.2 Å². The summed E-state index contributed by atoms with van der Waals surface area (Å²) in [5.74, 6) is 1.65. The zero-order valence-electron chi connectivity index (χ0n) is 14.1. The smallest absolute Gasteiger partial charge is 0.410 e. The maximum atomic E-state index is 12.2. The van der Waals surface area contributed by atoms with Gasteiger partial charge in [-0.3, -0.25) is 4.21 Å². The molecule has 6 heteroatoms. The van der Waals surface area contributed by atoms with Gasteiger partial charge in [0.05, 0.1) is 0 Å². The Labute approximate surface area is 136 Å². The average molecular weight is 330 g/mol. The molecule has 0 atom stereocenters. The molecule has 1 heterocycles. The van der Waals surface area contributed by atoms with E-state index < -0.39 is 16.4 Å². The fourth-order valence-electron chi connectivity index (χ4n) is 2.68. The highest BCUT2D eigenvalue weighted by atomic mass is 32.2. The molecular formula is C16H30N2O3S. The second kappa shape index (κ2) is 7.77. The normalized spacial score (nSPS) is 25.8. The summed E-state index contributed by atoms with van der Waals surface area (Å²) in [5, 5.41) is 3.53. The van der Waals surface area contributed by atoms with Gasteiger partial charge in [-0.2, -0.15) is 0 Å². The van der Waals surface area contributed by atoms with Gasteiger partial charge in [-0.15, -0.1) is 0 Å². The lowest BCUT2D eigenvalue weighted by atomic mass is 10.1. The maximum Gasteiger partial charge on any atom is 0.410 e. The standard InChI is InChI=1S/C16H30N2O3S/c1-16(2,3)21-15(19)18(14-5-6-14)10-4-9-17-13-7-11-22(20)12-8-13/h13-14,17H,4-12H2,1-3H3. The number of carbonyl (C=O) groups excluding carboxylic acids is 1. The number of hydrogen-bond acceptors (Lipinski definition) is 4. The van der Waals surface area contributed by atoms with Crippen LogP contribution in [0.25, 0.3) is 0 Å². The fourth-order valence-corrected chi connectivity index (χ4v) is 3.98. The molecule has 1 saturated carbocycles. The fraction of sp³-hybridized carbons (Fsp3) is 0.938. The van der Waals surface area contributed by atoms with E-state index in [1.165, 1.54) is 0 Å². The molecule has 1 aliphatic carbocycles. The highest BCUT2D eigenvalue weighted by Gasteiger charge is 2.34. The van der Waals surface area contributed by atoms with Crippen LogP contribution in [-0.2, 0) is 15.5 Å². The first-order valence-electron chi connectivity index (χ1n) is 8.43. The van der Waals surface area contributed by atoms with Gasteiger partial charge in [-0.05, 0) is 59.4 Å². The molecule has 0 aromatic rings. The molecule has 0 unspecified atom stereocenters. The summed E-state index contributed by atoms with van der Waals surface area (Å²) in [4.78, 5) is 14.1. The molecule has 2 rings (SSSR count). The van der Waals surface area contributed by atoms with Crippen molar-refractivity contribution in [3.63, 3.8) is 0 Å². The third-order valence-corrected chi connectivity index (χ3v) is 5.39. The van der Waals surface area contributed by atoms with E-state index in [0.717, 1.165) is 56.7 Å². The SMILES string of the molecule is CC(C)(C)OC(=O)N(CCCNC1CCS(=O)CC1)C1CC1. The van der Waals surface area contributed by atoms with Gasteiger partial charge < -0.3 is 15.0 Å². The van der Waals surface area contributed by atoms with Gasteiger partial charge in [0.15, 0.2) is 0 Å². The Morgan fingerprint density at radius 2 is 1.86 bits per heavy atom. The Kier molecular flexibility index (Phi) is 6.26. The lowest BCUT2D eigenvalue weighted by Crippen LogP contribution is -2.41. The Morgan fingerprint density at radius 3 is 2.41 bits per heavy atom. The molecule has 1 saturated heterocycles. The Bertz CT molecular complexity index is 395. The Balaban J connectivity index is 1.66. The first-order chi connectivity index (χ1) is 10.3. The molecule has 1 N–H and O–H groups in total. The van der Waals surface area contributed by atoms with Crippen molar-refractivity contribution in [2.75, 3.05) is 24.6 Å². The van der Waals surface area contributed by atoms with E-state index in [-0.39, 0.29) is 6.09 Å². The Morgan fingerprint density at radius 1 is 1.23 bits per heavy atom. The van der Waals surface area contributed by atoms with Crippen LogP contribution in [0.1, 0.15) is 52.9 Å². The summed E-state index contributed by atoms with van der Waals surface area (Å²) in [6.45, 7) is 7.38. The number of ether oxygens (including phenoxy) is 1. The summed E-state index contributed by atoms with van der Waals surface area (Å²) >= 11 is 0. The van der Waals surface area contributed by atoms with Crippen LogP contribution in [-0.4, -0.2) is 57.5 Å². The predicted octanol–water partition coefficient (Wildman–Crippen LogP) is 2.28. The number of nitrogens with one attached hydrogen (secondary N) is 1. The molecule has 0 bridgehead atoms. The van der Waals surface area contributed by atoms with Crippen LogP contribution in [0.3, 0.4) is 0 Å². The molecule has 0 radical (unpaired) electrons. The third-order valence-electron chi connectivity index (χ3n) is 4.01. The molecule has 128 valence electrons. The monoisotopic (exact) mass is 330 g/mol. The highest BCUT2D eigenvalue weighted by Crippen LogP contribution is 2.28. The predicted molar refractivity (Wildman–Crippen MR) is 89.5 cm³/mol. The number of hydrogen-bond donors (Lipinski definition) is 1. The molecule has 2 aliphatic rings. The molecule has 22 heavy (non-hydrogen) atoms. The molecule has 0 aromatic carbocycles. The summed E-state index contributed by atoms with van der Waals surface area (Å²) in [5.41, 5.74) is -0.430. The molecule has 5 nitrogen and oxygen atoms in total. The van der Waals surface area contributed by atoms with Crippen molar-refractivity contribution in [2.45, 2.75) is 70.6 Å². The summed E-state index contributed by atoms with van der Waals surface area (Å²) in [7, 11) is -0.599. The van der Waals surface area contributed by atoms with E-state index in [9.17, 15) is 9.00 Å². The van der Waals surface area contributed by atoms with E-state index in [0.29, 0.717) is 12.1 Å².